The lowest BCUT2D eigenvalue weighted by molar-refractivity contribution is -0.455. The van der Waals surface area contributed by atoms with Crippen LogP contribution < -0.4 is 0 Å². The van der Waals surface area contributed by atoms with Crippen LogP contribution in [-0.2, 0) is 20.1 Å². The summed E-state index contributed by atoms with van der Waals surface area (Å²) in [6.45, 7) is -1.56. The summed E-state index contributed by atoms with van der Waals surface area (Å²) in [6, 6.07) is 6.30. The van der Waals surface area contributed by atoms with Gasteiger partial charge in [-0.15, -0.1) is 0 Å². The van der Waals surface area contributed by atoms with E-state index in [-0.39, 0.29) is 11.3 Å². The third-order valence-corrected chi connectivity index (χ3v) is 6.09. The normalized spacial score (nSPS) is 42.0. The van der Waals surface area contributed by atoms with Crippen LogP contribution in [0.2, 0.25) is 0 Å². The van der Waals surface area contributed by atoms with E-state index in [1.54, 1.807) is 18.2 Å². The van der Waals surface area contributed by atoms with Crippen molar-refractivity contribution in [3.63, 3.8) is 0 Å². The van der Waals surface area contributed by atoms with Crippen LogP contribution in [0.4, 0.5) is 0 Å². The summed E-state index contributed by atoms with van der Waals surface area (Å²) in [5.41, 5.74) is 0.235. The Morgan fingerprint density at radius 3 is 2.15 bits per heavy atom. The van der Waals surface area contributed by atoms with E-state index >= 15 is 0 Å². The fourth-order valence-corrected chi connectivity index (χ4v) is 4.23. The number of aliphatic hydroxyl groups excluding tert-OH is 8. The van der Waals surface area contributed by atoms with Gasteiger partial charge in [0.05, 0.1) is 24.9 Å². The quantitative estimate of drug-likeness (QED) is 0.205. The molecule has 33 heavy (non-hydrogen) atoms. The maximum Gasteiger partial charge on any atom is 0.288 e. The zero-order chi connectivity index (χ0) is 24.1. The molecule has 2 saturated heterocycles. The first-order chi connectivity index (χ1) is 15.7. The Kier molecular flexibility index (Phi) is 6.65. The van der Waals surface area contributed by atoms with Gasteiger partial charge in [-0.05, 0) is 12.1 Å². The highest BCUT2D eigenvalue weighted by Crippen LogP contribution is 2.42. The molecule has 0 bridgehead atoms. The molecule has 2 aliphatic heterocycles. The molecular weight excluding hydrogens is 446 g/mol. The van der Waals surface area contributed by atoms with E-state index < -0.39 is 74.2 Å². The van der Waals surface area contributed by atoms with Crippen molar-refractivity contribution in [3.05, 3.63) is 30.5 Å². The van der Waals surface area contributed by atoms with E-state index in [2.05, 4.69) is 0 Å². The van der Waals surface area contributed by atoms with Gasteiger partial charge in [-0.1, -0.05) is 12.1 Å². The van der Waals surface area contributed by atoms with Crippen LogP contribution in [0.3, 0.4) is 0 Å². The number of aliphatic hydroxyl groups is 8. The molecule has 4 rings (SSSR count). The lowest BCUT2D eigenvalue weighted by Crippen LogP contribution is -2.69. The lowest BCUT2D eigenvalue weighted by atomic mass is 9.95. The molecule has 0 amide bonds. The summed E-state index contributed by atoms with van der Waals surface area (Å²) >= 11 is 0. The molecule has 184 valence electrons. The zero-order valence-corrected chi connectivity index (χ0v) is 17.2. The topological polar surface area (TPSA) is 215 Å². The molecule has 10 atom stereocenters. The van der Waals surface area contributed by atoms with Crippen molar-refractivity contribution < 1.29 is 60.2 Å². The molecule has 2 aromatic rings. The van der Waals surface area contributed by atoms with Gasteiger partial charge in [0.1, 0.15) is 48.5 Å². The minimum atomic E-state index is -2.51. The van der Waals surface area contributed by atoms with Gasteiger partial charge in [0.15, 0.2) is 12.4 Å². The van der Waals surface area contributed by atoms with Crippen LogP contribution in [0.25, 0.3) is 10.9 Å². The Labute approximate surface area is 186 Å². The van der Waals surface area contributed by atoms with E-state index in [1.165, 1.54) is 6.07 Å². The summed E-state index contributed by atoms with van der Waals surface area (Å²) < 4.78 is 18.0. The Bertz CT molecular complexity index is 966. The van der Waals surface area contributed by atoms with E-state index in [1.807, 2.05) is 0 Å². The third kappa shape index (κ3) is 3.80. The number of hydrogen-bond acceptors (Lipinski definition) is 12. The van der Waals surface area contributed by atoms with Crippen molar-refractivity contribution in [2.75, 3.05) is 13.2 Å². The molecule has 9 N–H and O–H groups in total. The van der Waals surface area contributed by atoms with E-state index in [9.17, 15) is 46.0 Å². The number of aromatic nitrogens is 1. The maximum atomic E-state index is 11.0. The standard InChI is InChI=1S/C20H27NO12/c22-6-11-13(25)15(27)17(29)19(31-11)33-20(18(30)16(28)14(26)12(7-23)32-20)21-5-10(24)8-3-1-2-4-9(8)21/h1-5,11-19,22-30H,6-7H2/t11-,12-,13-,14-,15+,16+,17-,18-,19+,20+/m1/s1. The minimum absolute atomic E-state index is 0.235. The molecule has 2 fully saturated rings. The summed E-state index contributed by atoms with van der Waals surface area (Å²) in [4.78, 5) is 0. The summed E-state index contributed by atoms with van der Waals surface area (Å²) in [5.74, 6) is -2.78. The van der Waals surface area contributed by atoms with Crippen LogP contribution in [0.1, 0.15) is 0 Å². The van der Waals surface area contributed by atoms with Crippen LogP contribution >= 0.6 is 0 Å². The monoisotopic (exact) mass is 473 g/mol. The van der Waals surface area contributed by atoms with Gasteiger partial charge in [-0.2, -0.15) is 0 Å². The van der Waals surface area contributed by atoms with Crippen molar-refractivity contribution in [3.8, 4) is 5.75 Å². The Morgan fingerprint density at radius 1 is 0.848 bits per heavy atom. The third-order valence-electron chi connectivity index (χ3n) is 6.09. The largest absolute Gasteiger partial charge is 0.506 e. The van der Waals surface area contributed by atoms with E-state index in [0.29, 0.717) is 5.39 Å². The van der Waals surface area contributed by atoms with Crippen molar-refractivity contribution in [1.82, 2.24) is 4.57 Å². The van der Waals surface area contributed by atoms with Gasteiger partial charge in [-0.25, -0.2) is 0 Å². The number of hydrogen-bond donors (Lipinski definition) is 9. The van der Waals surface area contributed by atoms with Gasteiger partial charge >= 0.3 is 0 Å². The van der Waals surface area contributed by atoms with Crippen molar-refractivity contribution >= 4 is 10.9 Å². The van der Waals surface area contributed by atoms with Gasteiger partial charge < -0.3 is 55.4 Å². The first kappa shape index (κ1) is 24.3. The molecule has 1 aromatic carbocycles. The predicted octanol–water partition coefficient (Wildman–Crippen LogP) is -3.75. The fraction of sp³-hybridized carbons (Fsp3) is 0.600. The minimum Gasteiger partial charge on any atom is -0.506 e. The average Bonchev–Trinajstić information content (AvgIpc) is 3.17. The molecule has 0 spiro atoms. The highest BCUT2D eigenvalue weighted by Gasteiger charge is 2.59. The van der Waals surface area contributed by atoms with E-state index in [0.717, 1.165) is 10.8 Å². The molecule has 13 heteroatoms. The number of para-hydroxylation sites is 1. The van der Waals surface area contributed by atoms with Crippen LogP contribution in [0.15, 0.2) is 30.5 Å². The second kappa shape index (κ2) is 9.05. The molecule has 3 heterocycles. The van der Waals surface area contributed by atoms with Gasteiger partial charge in [0, 0.05) is 5.39 Å². The first-order valence-corrected chi connectivity index (χ1v) is 10.3. The summed E-state index contributed by atoms with van der Waals surface area (Å²) in [5, 5.41) is 92.3. The molecule has 0 aliphatic carbocycles. The Balaban J connectivity index is 1.85. The summed E-state index contributed by atoms with van der Waals surface area (Å²) in [7, 11) is 0. The van der Waals surface area contributed by atoms with Gasteiger partial charge in [-0.3, -0.25) is 9.30 Å². The van der Waals surface area contributed by atoms with Gasteiger partial charge in [0.25, 0.3) is 5.91 Å². The first-order valence-electron chi connectivity index (χ1n) is 10.3. The second-order valence-corrected chi connectivity index (χ2v) is 8.11. The second-order valence-electron chi connectivity index (χ2n) is 8.11. The number of nitrogens with zero attached hydrogens (tertiary/aromatic N) is 1. The molecule has 13 nitrogen and oxygen atoms in total. The number of fused-ring (bicyclic) bond motifs is 1. The predicted molar refractivity (Wildman–Crippen MR) is 106 cm³/mol. The number of rotatable bonds is 5. The molecule has 0 saturated carbocycles. The summed E-state index contributed by atoms with van der Waals surface area (Å²) in [6.07, 6.45) is -14.7. The Hall–Kier alpha value is -1.88. The average molecular weight is 473 g/mol. The fourth-order valence-electron chi connectivity index (χ4n) is 4.23. The Morgan fingerprint density at radius 2 is 1.48 bits per heavy atom. The highest BCUT2D eigenvalue weighted by atomic mass is 16.8. The number of ether oxygens (including phenoxy) is 3. The number of benzene rings is 1. The molecule has 2 aliphatic rings. The van der Waals surface area contributed by atoms with Crippen molar-refractivity contribution in [2.45, 2.75) is 61.0 Å². The van der Waals surface area contributed by atoms with Crippen LogP contribution in [-0.4, -0.2) is 119 Å². The zero-order valence-electron chi connectivity index (χ0n) is 17.2. The molecule has 0 unspecified atom stereocenters. The van der Waals surface area contributed by atoms with Gasteiger partial charge in [0.2, 0.25) is 0 Å². The maximum absolute atomic E-state index is 11.0. The SMILES string of the molecule is OC[C@H]1O[C@@H](O[C@@]2(n3cc(O)c4ccccc43)O[C@H](CO)[C@@H](O)[C@H](O)[C@H]2O)[C@H](O)[C@@H](O)[C@@H]1O. The van der Waals surface area contributed by atoms with Crippen LogP contribution in [0, 0.1) is 0 Å². The molecule has 0 radical (unpaired) electrons. The van der Waals surface area contributed by atoms with E-state index in [4.69, 9.17) is 14.2 Å². The molecular formula is C20H27NO12. The molecule has 1 aromatic heterocycles. The lowest BCUT2D eigenvalue weighted by Gasteiger charge is -2.51. The highest BCUT2D eigenvalue weighted by molar-refractivity contribution is 5.86. The van der Waals surface area contributed by atoms with Crippen molar-refractivity contribution in [2.24, 2.45) is 0 Å². The van der Waals surface area contributed by atoms with Crippen LogP contribution in [0.5, 0.6) is 5.75 Å². The smallest absolute Gasteiger partial charge is 0.288 e. The van der Waals surface area contributed by atoms with Crippen molar-refractivity contribution in [1.29, 1.82) is 0 Å². The number of aromatic hydroxyl groups is 1.